The predicted octanol–water partition coefficient (Wildman–Crippen LogP) is 1.76. The topological polar surface area (TPSA) is 89.9 Å². The van der Waals surface area contributed by atoms with Crippen molar-refractivity contribution in [1.29, 1.82) is 0 Å². The highest BCUT2D eigenvalue weighted by atomic mass is 19.1. The zero-order valence-electron chi connectivity index (χ0n) is 11.5. The molecule has 0 saturated carbocycles. The fourth-order valence-electron chi connectivity index (χ4n) is 1.39. The number of aliphatic hydroxyl groups excluding tert-OH is 1. The molecule has 3 N–H and O–H groups in total. The lowest BCUT2D eigenvalue weighted by Crippen LogP contribution is -2.49. The summed E-state index contributed by atoms with van der Waals surface area (Å²) in [5.41, 5.74) is -1.18. The molecule has 0 bridgehead atoms. The summed E-state index contributed by atoms with van der Waals surface area (Å²) in [5, 5.41) is 20.5. The lowest BCUT2D eigenvalue weighted by Gasteiger charge is -2.33. The van der Waals surface area contributed by atoms with Crippen molar-refractivity contribution in [3.05, 3.63) is 29.6 Å². The first-order valence-corrected chi connectivity index (χ1v) is 5.87. The van der Waals surface area contributed by atoms with E-state index in [0.29, 0.717) is 0 Å². The van der Waals surface area contributed by atoms with E-state index < -0.39 is 23.4 Å². The van der Waals surface area contributed by atoms with Crippen LogP contribution >= 0.6 is 0 Å². The zero-order valence-corrected chi connectivity index (χ0v) is 11.5. The van der Waals surface area contributed by atoms with Crippen LogP contribution in [0, 0.1) is 5.82 Å². The molecule has 0 unspecified atom stereocenters. The van der Waals surface area contributed by atoms with Gasteiger partial charge in [-0.15, -0.1) is 0 Å². The van der Waals surface area contributed by atoms with Crippen molar-refractivity contribution in [2.75, 3.05) is 19.0 Å². The van der Waals surface area contributed by atoms with Gasteiger partial charge in [0.25, 0.3) is 0 Å². The Morgan fingerprint density at radius 2 is 2.00 bits per heavy atom. The number of amides is 2. The van der Waals surface area contributed by atoms with Gasteiger partial charge in [0.1, 0.15) is 5.82 Å². The standard InChI is InChI=1S/C13H17FN2O4/c1-13(2,7-17)16(3)12(20)15-10-6-8(14)4-5-9(10)11(18)19/h4-6,17H,7H2,1-3H3,(H,15,20)(H,18,19). The number of rotatable bonds is 4. The summed E-state index contributed by atoms with van der Waals surface area (Å²) in [7, 11) is 1.45. The number of carboxylic acid groups (broad SMARTS) is 1. The number of nitrogens with one attached hydrogen (secondary N) is 1. The van der Waals surface area contributed by atoms with E-state index in [1.54, 1.807) is 13.8 Å². The maximum absolute atomic E-state index is 13.2. The van der Waals surface area contributed by atoms with E-state index >= 15 is 0 Å². The molecule has 0 aliphatic carbocycles. The van der Waals surface area contributed by atoms with E-state index in [-0.39, 0.29) is 17.9 Å². The van der Waals surface area contributed by atoms with E-state index in [4.69, 9.17) is 5.11 Å². The number of carboxylic acids is 1. The van der Waals surface area contributed by atoms with Crippen LogP contribution < -0.4 is 5.32 Å². The highest BCUT2D eigenvalue weighted by Gasteiger charge is 2.27. The molecule has 1 aromatic carbocycles. The van der Waals surface area contributed by atoms with Gasteiger partial charge in [-0.1, -0.05) is 0 Å². The van der Waals surface area contributed by atoms with Crippen LogP contribution in [0.2, 0.25) is 0 Å². The van der Waals surface area contributed by atoms with Gasteiger partial charge >= 0.3 is 12.0 Å². The molecule has 0 radical (unpaired) electrons. The normalized spacial score (nSPS) is 11.1. The Bertz CT molecular complexity index is 531. The number of urea groups is 1. The molecule has 1 rings (SSSR count). The largest absolute Gasteiger partial charge is 0.478 e. The number of likely N-dealkylation sites (N-methyl/N-ethyl adjacent to an activating group) is 1. The third kappa shape index (κ3) is 3.45. The van der Waals surface area contributed by atoms with Crippen LogP contribution in [0.15, 0.2) is 18.2 Å². The van der Waals surface area contributed by atoms with Crippen molar-refractivity contribution >= 4 is 17.7 Å². The van der Waals surface area contributed by atoms with Crippen LogP contribution in [-0.2, 0) is 0 Å². The smallest absolute Gasteiger partial charge is 0.337 e. The molecule has 2 amide bonds. The van der Waals surface area contributed by atoms with Crippen LogP contribution in [0.3, 0.4) is 0 Å². The Morgan fingerprint density at radius 1 is 1.40 bits per heavy atom. The maximum Gasteiger partial charge on any atom is 0.337 e. The molecule has 0 fully saturated rings. The summed E-state index contributed by atoms with van der Waals surface area (Å²) >= 11 is 0. The van der Waals surface area contributed by atoms with Crippen LogP contribution in [-0.4, -0.2) is 46.3 Å². The molecule has 20 heavy (non-hydrogen) atoms. The third-order valence-electron chi connectivity index (χ3n) is 3.05. The quantitative estimate of drug-likeness (QED) is 0.786. The van der Waals surface area contributed by atoms with Gasteiger partial charge in [-0.25, -0.2) is 14.0 Å². The van der Waals surface area contributed by atoms with Crippen molar-refractivity contribution in [1.82, 2.24) is 4.90 Å². The first kappa shape index (κ1) is 15.9. The second-order valence-electron chi connectivity index (χ2n) is 4.95. The predicted molar refractivity (Wildman–Crippen MR) is 71.3 cm³/mol. The Morgan fingerprint density at radius 3 is 2.50 bits per heavy atom. The molecule has 7 heteroatoms. The van der Waals surface area contributed by atoms with Crippen LogP contribution in [0.4, 0.5) is 14.9 Å². The highest BCUT2D eigenvalue weighted by molar-refractivity contribution is 6.00. The lowest BCUT2D eigenvalue weighted by atomic mass is 10.1. The maximum atomic E-state index is 13.2. The van der Waals surface area contributed by atoms with E-state index in [2.05, 4.69) is 5.32 Å². The van der Waals surface area contributed by atoms with E-state index in [1.165, 1.54) is 11.9 Å². The average Bonchev–Trinajstić information content (AvgIpc) is 2.37. The number of halogens is 1. The number of aliphatic hydroxyl groups is 1. The second kappa shape index (κ2) is 5.87. The van der Waals surface area contributed by atoms with Crippen LogP contribution in [0.25, 0.3) is 0 Å². The van der Waals surface area contributed by atoms with Crippen molar-refractivity contribution in [2.45, 2.75) is 19.4 Å². The van der Waals surface area contributed by atoms with E-state index in [9.17, 15) is 19.1 Å². The van der Waals surface area contributed by atoms with Gasteiger partial charge in [0, 0.05) is 7.05 Å². The molecule has 0 saturated heterocycles. The van der Waals surface area contributed by atoms with Gasteiger partial charge in [0.05, 0.1) is 23.4 Å². The number of hydrogen-bond acceptors (Lipinski definition) is 3. The Balaban J connectivity index is 3.02. The molecular weight excluding hydrogens is 267 g/mol. The molecule has 0 aromatic heterocycles. The molecule has 0 heterocycles. The summed E-state index contributed by atoms with van der Waals surface area (Å²) in [6, 6.07) is 2.36. The molecule has 1 aromatic rings. The Labute approximate surface area is 115 Å². The van der Waals surface area contributed by atoms with Crippen molar-refractivity contribution in [3.63, 3.8) is 0 Å². The minimum atomic E-state index is -1.27. The summed E-state index contributed by atoms with van der Waals surface area (Å²) < 4.78 is 13.2. The first-order valence-electron chi connectivity index (χ1n) is 5.87. The summed E-state index contributed by atoms with van der Waals surface area (Å²) in [6.45, 7) is 3.00. The Hall–Kier alpha value is -2.15. The van der Waals surface area contributed by atoms with Crippen LogP contribution in [0.5, 0.6) is 0 Å². The molecule has 6 nitrogen and oxygen atoms in total. The van der Waals surface area contributed by atoms with Crippen molar-refractivity contribution in [3.8, 4) is 0 Å². The van der Waals surface area contributed by atoms with E-state index in [1.807, 2.05) is 0 Å². The fourth-order valence-corrected chi connectivity index (χ4v) is 1.39. The van der Waals surface area contributed by atoms with Gasteiger partial charge in [-0.05, 0) is 32.0 Å². The molecular formula is C13H17FN2O4. The summed E-state index contributed by atoms with van der Waals surface area (Å²) in [5.74, 6) is -1.93. The third-order valence-corrected chi connectivity index (χ3v) is 3.05. The zero-order chi connectivity index (χ0) is 15.5. The van der Waals surface area contributed by atoms with Gasteiger partial charge < -0.3 is 20.4 Å². The van der Waals surface area contributed by atoms with Gasteiger partial charge in [-0.3, -0.25) is 0 Å². The number of hydrogen-bond donors (Lipinski definition) is 3. The molecule has 110 valence electrons. The van der Waals surface area contributed by atoms with Crippen LogP contribution in [0.1, 0.15) is 24.2 Å². The molecule has 0 atom stereocenters. The minimum absolute atomic E-state index is 0.136. The van der Waals surface area contributed by atoms with Gasteiger partial charge in [0.2, 0.25) is 0 Å². The van der Waals surface area contributed by atoms with Crippen molar-refractivity contribution < 1.29 is 24.2 Å². The number of carbonyl (C=O) groups excluding carboxylic acids is 1. The van der Waals surface area contributed by atoms with E-state index in [0.717, 1.165) is 18.2 Å². The van der Waals surface area contributed by atoms with Gasteiger partial charge in [0.15, 0.2) is 0 Å². The highest BCUT2D eigenvalue weighted by Crippen LogP contribution is 2.19. The monoisotopic (exact) mass is 284 g/mol. The molecule has 0 aliphatic heterocycles. The van der Waals surface area contributed by atoms with Gasteiger partial charge in [-0.2, -0.15) is 0 Å². The lowest BCUT2D eigenvalue weighted by molar-refractivity contribution is 0.0698. The fraction of sp³-hybridized carbons (Fsp3) is 0.385. The van der Waals surface area contributed by atoms with Crippen molar-refractivity contribution in [2.24, 2.45) is 0 Å². The number of anilines is 1. The summed E-state index contributed by atoms with van der Waals surface area (Å²) in [6.07, 6.45) is 0. The minimum Gasteiger partial charge on any atom is -0.478 e. The number of benzene rings is 1. The number of aromatic carboxylic acids is 1. The number of carbonyl (C=O) groups is 2. The first-order chi connectivity index (χ1) is 9.19. The number of nitrogens with zero attached hydrogens (tertiary/aromatic N) is 1. The average molecular weight is 284 g/mol. The Kier molecular flexibility index (Phi) is 4.67. The molecule has 0 spiro atoms. The molecule has 0 aliphatic rings. The summed E-state index contributed by atoms with van der Waals surface area (Å²) in [4.78, 5) is 24.2. The SMILES string of the molecule is CN(C(=O)Nc1cc(F)ccc1C(=O)O)C(C)(C)CO. The second-order valence-corrected chi connectivity index (χ2v) is 4.95.